The van der Waals surface area contributed by atoms with Crippen molar-refractivity contribution in [3.8, 4) is 0 Å². The minimum Gasteiger partial charge on any atom is -0.336 e. The van der Waals surface area contributed by atoms with E-state index in [1.165, 1.54) is 11.4 Å². The fourth-order valence-electron chi connectivity index (χ4n) is 4.36. The van der Waals surface area contributed by atoms with Crippen LogP contribution in [-0.4, -0.2) is 25.3 Å². The molecule has 0 spiro atoms. The van der Waals surface area contributed by atoms with Crippen LogP contribution in [0.2, 0.25) is 5.02 Å². The summed E-state index contributed by atoms with van der Waals surface area (Å²) >= 11 is 7.02. The number of carbonyl (C=O) groups is 2. The van der Waals surface area contributed by atoms with Gasteiger partial charge in [-0.15, -0.1) is 11.3 Å². The highest BCUT2D eigenvalue weighted by molar-refractivity contribution is 7.93. The van der Waals surface area contributed by atoms with Crippen molar-refractivity contribution >= 4 is 56.2 Å². The van der Waals surface area contributed by atoms with Gasteiger partial charge in [0.1, 0.15) is 20.5 Å². The van der Waals surface area contributed by atoms with E-state index in [0.717, 1.165) is 54.6 Å². The maximum absolute atomic E-state index is 13.4. The van der Waals surface area contributed by atoms with Crippen molar-refractivity contribution in [2.45, 2.75) is 57.8 Å². The molecule has 2 heterocycles. The summed E-state index contributed by atoms with van der Waals surface area (Å²) in [5, 5.41) is 8.00. The van der Waals surface area contributed by atoms with Crippen molar-refractivity contribution in [1.29, 1.82) is 0 Å². The Morgan fingerprint density at radius 3 is 2.51 bits per heavy atom. The summed E-state index contributed by atoms with van der Waals surface area (Å²) in [5.74, 6) is -0.901. The van der Waals surface area contributed by atoms with E-state index < -0.39 is 15.9 Å². The lowest BCUT2D eigenvalue weighted by Gasteiger charge is -2.23. The van der Waals surface area contributed by atoms with E-state index in [4.69, 9.17) is 16.1 Å². The quantitative estimate of drug-likeness (QED) is 0.351. The number of benzene rings is 1. The smallest absolute Gasteiger partial charge is 0.267 e. The van der Waals surface area contributed by atoms with Crippen molar-refractivity contribution < 1.29 is 22.5 Å². The second kappa shape index (κ2) is 10.1. The molecule has 0 unspecified atom stereocenters. The predicted octanol–water partition coefficient (Wildman–Crippen LogP) is 6.13. The Hall–Kier alpha value is -2.69. The predicted molar refractivity (Wildman–Crippen MR) is 136 cm³/mol. The maximum Gasteiger partial charge on any atom is 0.267 e. The summed E-state index contributed by atoms with van der Waals surface area (Å²) in [6.45, 7) is 5.30. The molecule has 1 amide bonds. The first-order chi connectivity index (χ1) is 16.6. The first-order valence-corrected chi connectivity index (χ1v) is 14.0. The average Bonchev–Trinajstić information content (AvgIpc) is 3.44. The van der Waals surface area contributed by atoms with E-state index in [0.29, 0.717) is 16.9 Å². The molecule has 0 radical (unpaired) electrons. The fraction of sp³-hybridized carbons (Fsp3) is 0.375. The van der Waals surface area contributed by atoms with Crippen LogP contribution in [0.1, 0.15) is 69.0 Å². The Bertz CT molecular complexity index is 1390. The third-order valence-corrected chi connectivity index (χ3v) is 8.96. The molecule has 1 saturated carbocycles. The molecule has 1 fully saturated rings. The van der Waals surface area contributed by atoms with Crippen LogP contribution in [0, 0.1) is 26.7 Å². The Morgan fingerprint density at radius 1 is 1.14 bits per heavy atom. The number of hydrogen-bond donors (Lipinski definition) is 2. The molecule has 1 aliphatic rings. The number of rotatable bonds is 7. The topological polar surface area (TPSA) is 118 Å². The van der Waals surface area contributed by atoms with E-state index in [1.54, 1.807) is 13.0 Å². The van der Waals surface area contributed by atoms with Gasteiger partial charge in [-0.1, -0.05) is 42.1 Å². The zero-order valence-corrected chi connectivity index (χ0v) is 22.0. The number of nitrogens with one attached hydrogen (secondary N) is 2. The van der Waals surface area contributed by atoms with Gasteiger partial charge in [0.15, 0.2) is 5.78 Å². The highest BCUT2D eigenvalue weighted by Gasteiger charge is 2.29. The number of hydrogen-bond acceptors (Lipinski definition) is 7. The van der Waals surface area contributed by atoms with Crippen LogP contribution in [0.5, 0.6) is 0 Å². The number of nitrogens with zero attached hydrogens (tertiary/aromatic N) is 1. The molecule has 1 aliphatic carbocycles. The zero-order chi connectivity index (χ0) is 25.3. The number of Topliss-reactive ketones (excluding diaryl/α,β-unsaturated/α-hetero) is 1. The molecule has 8 nitrogen and oxygen atoms in total. The molecule has 35 heavy (non-hydrogen) atoms. The summed E-state index contributed by atoms with van der Waals surface area (Å²) in [4.78, 5) is 26.4. The Morgan fingerprint density at radius 2 is 1.86 bits per heavy atom. The second-order valence-electron chi connectivity index (χ2n) is 8.79. The molecular weight excluding hydrogens is 510 g/mol. The highest BCUT2D eigenvalue weighted by Crippen LogP contribution is 2.34. The average molecular weight is 536 g/mol. The van der Waals surface area contributed by atoms with Crippen molar-refractivity contribution in [3.63, 3.8) is 0 Å². The monoisotopic (exact) mass is 535 g/mol. The molecule has 0 aliphatic heterocycles. The van der Waals surface area contributed by atoms with Crippen molar-refractivity contribution in [3.05, 3.63) is 55.9 Å². The number of amides is 1. The SMILES string of the molecule is Cc1cc(C)c(NC(=O)c2sccc2S(=O)(=O)Nc2onc(C)c2Cl)c(C(=O)C2CCCCC2)c1. The zero-order valence-electron chi connectivity index (χ0n) is 19.6. The van der Waals surface area contributed by atoms with Crippen molar-refractivity contribution in [1.82, 2.24) is 5.16 Å². The number of halogens is 1. The Kier molecular flexibility index (Phi) is 7.35. The summed E-state index contributed by atoms with van der Waals surface area (Å²) in [6, 6.07) is 5.01. The summed E-state index contributed by atoms with van der Waals surface area (Å²) in [5.41, 5.74) is 2.86. The number of aryl methyl sites for hydroxylation is 3. The number of thiophene rings is 1. The van der Waals surface area contributed by atoms with Gasteiger partial charge in [0.05, 0.1) is 5.69 Å². The van der Waals surface area contributed by atoms with Crippen molar-refractivity contribution in [2.75, 3.05) is 10.0 Å². The molecule has 3 aromatic rings. The minimum absolute atomic E-state index is 0.0165. The molecule has 11 heteroatoms. The molecule has 2 aromatic heterocycles. The molecular formula is C24H26ClN3O5S2. The van der Waals surface area contributed by atoms with E-state index in [1.807, 2.05) is 19.9 Å². The van der Waals surface area contributed by atoms with Gasteiger partial charge in [-0.2, -0.15) is 0 Å². The van der Waals surface area contributed by atoms with E-state index in [-0.39, 0.29) is 32.4 Å². The van der Waals surface area contributed by atoms with Gasteiger partial charge in [0.25, 0.3) is 21.8 Å². The Labute approximate surface area is 213 Å². The summed E-state index contributed by atoms with van der Waals surface area (Å²) in [7, 11) is -4.19. The largest absolute Gasteiger partial charge is 0.336 e. The molecule has 0 atom stereocenters. The normalized spacial score (nSPS) is 14.6. The number of anilines is 2. The third-order valence-electron chi connectivity index (χ3n) is 6.10. The third kappa shape index (κ3) is 5.29. The van der Waals surface area contributed by atoms with Crippen LogP contribution in [0.15, 0.2) is 33.0 Å². The first kappa shape index (κ1) is 25.4. The van der Waals surface area contributed by atoms with Gasteiger partial charge >= 0.3 is 0 Å². The number of carbonyl (C=O) groups excluding carboxylic acids is 2. The standard InChI is InChI=1S/C24H26ClN3O5S2/c1-13-11-14(2)20(17(12-13)21(29)16-7-5-4-6-8-16)26-23(30)22-18(9-10-34-22)35(31,32)28-24-19(25)15(3)27-33-24/h9-12,16,28H,4-8H2,1-3H3,(H,26,30). The Balaban J connectivity index is 1.64. The van der Waals surface area contributed by atoms with E-state index in [9.17, 15) is 18.0 Å². The maximum atomic E-state index is 13.4. The van der Waals surface area contributed by atoms with Gasteiger partial charge in [0.2, 0.25) is 0 Å². The van der Waals surface area contributed by atoms with Gasteiger partial charge in [-0.05, 0) is 62.3 Å². The second-order valence-corrected chi connectivity index (χ2v) is 11.7. The van der Waals surface area contributed by atoms with Crippen LogP contribution < -0.4 is 10.0 Å². The number of sulfonamides is 1. The van der Waals surface area contributed by atoms with Gasteiger partial charge < -0.3 is 9.84 Å². The lowest BCUT2D eigenvalue weighted by atomic mass is 9.82. The van der Waals surface area contributed by atoms with E-state index >= 15 is 0 Å². The van der Waals surface area contributed by atoms with Gasteiger partial charge in [-0.25, -0.2) is 13.1 Å². The number of aromatic nitrogens is 1. The van der Waals surface area contributed by atoms with Crippen LogP contribution in [0.4, 0.5) is 11.6 Å². The first-order valence-electron chi connectivity index (χ1n) is 11.3. The van der Waals surface area contributed by atoms with Crippen LogP contribution >= 0.6 is 22.9 Å². The lowest BCUT2D eigenvalue weighted by molar-refractivity contribution is 0.0890. The molecule has 186 valence electrons. The molecule has 0 saturated heterocycles. The molecule has 2 N–H and O–H groups in total. The summed E-state index contributed by atoms with van der Waals surface area (Å²) < 4.78 is 33.2. The highest BCUT2D eigenvalue weighted by atomic mass is 35.5. The minimum atomic E-state index is -4.19. The van der Waals surface area contributed by atoms with Gasteiger partial charge in [0, 0.05) is 11.5 Å². The summed E-state index contributed by atoms with van der Waals surface area (Å²) in [6.07, 6.45) is 4.83. The van der Waals surface area contributed by atoms with E-state index in [2.05, 4.69) is 15.2 Å². The molecule has 1 aromatic carbocycles. The number of ketones is 1. The van der Waals surface area contributed by atoms with Crippen LogP contribution in [0.3, 0.4) is 0 Å². The van der Waals surface area contributed by atoms with Crippen molar-refractivity contribution in [2.24, 2.45) is 5.92 Å². The van der Waals surface area contributed by atoms with Crippen LogP contribution in [-0.2, 0) is 10.0 Å². The van der Waals surface area contributed by atoms with Crippen LogP contribution in [0.25, 0.3) is 0 Å². The van der Waals surface area contributed by atoms with Gasteiger partial charge in [-0.3, -0.25) is 9.59 Å². The molecule has 0 bridgehead atoms. The molecule has 4 rings (SSSR count). The fourth-order valence-corrected chi connectivity index (χ4v) is 6.85. The lowest BCUT2D eigenvalue weighted by Crippen LogP contribution is -2.23.